The van der Waals surface area contributed by atoms with Crippen LogP contribution in [0.15, 0.2) is 53.5 Å². The van der Waals surface area contributed by atoms with Crippen LogP contribution in [0.5, 0.6) is 0 Å². The Balaban J connectivity index is 1.18. The van der Waals surface area contributed by atoms with E-state index in [1.807, 2.05) is 24.3 Å². The van der Waals surface area contributed by atoms with Gasteiger partial charge in [-0.3, -0.25) is 9.79 Å². The van der Waals surface area contributed by atoms with Crippen molar-refractivity contribution in [1.82, 2.24) is 5.32 Å². The van der Waals surface area contributed by atoms with Crippen LogP contribution in [0.3, 0.4) is 0 Å². The Kier molecular flexibility index (Phi) is 7.83. The smallest absolute Gasteiger partial charge is 0.224 e. The summed E-state index contributed by atoms with van der Waals surface area (Å²) in [7, 11) is -2.94. The molecule has 0 aliphatic carbocycles. The average Bonchev–Trinajstić information content (AvgIpc) is 3.27. The number of nitrogens with one attached hydrogen (secondary N) is 2. The highest BCUT2D eigenvalue weighted by Gasteiger charge is 2.42. The van der Waals surface area contributed by atoms with E-state index in [9.17, 15) is 13.2 Å². The highest BCUT2D eigenvalue weighted by atomic mass is 32.2. The lowest BCUT2D eigenvalue weighted by atomic mass is 10.1. The molecule has 0 unspecified atom stereocenters. The first-order chi connectivity index (χ1) is 16.3. The van der Waals surface area contributed by atoms with Gasteiger partial charge in [-0.05, 0) is 55.7 Å². The van der Waals surface area contributed by atoms with E-state index in [2.05, 4.69) is 58.6 Å². The van der Waals surface area contributed by atoms with E-state index < -0.39 is 9.84 Å². The molecule has 4 rings (SSSR count). The molecule has 0 aromatic heterocycles. The zero-order chi connectivity index (χ0) is 24.1. The summed E-state index contributed by atoms with van der Waals surface area (Å²) in [6, 6.07) is 16.1. The number of carbonyl (C=O) groups is 1. The molecule has 2 atom stereocenters. The van der Waals surface area contributed by atoms with Crippen molar-refractivity contribution < 1.29 is 13.2 Å². The number of benzene rings is 2. The minimum atomic E-state index is -2.94. The first-order valence-corrected chi connectivity index (χ1v) is 14.4. The van der Waals surface area contributed by atoms with Gasteiger partial charge in [0.1, 0.15) is 0 Å². The van der Waals surface area contributed by atoms with Crippen molar-refractivity contribution in [1.29, 1.82) is 0 Å². The largest absolute Gasteiger partial charge is 0.372 e. The van der Waals surface area contributed by atoms with Gasteiger partial charge in [0.2, 0.25) is 5.91 Å². The molecule has 2 aliphatic heterocycles. The fraction of sp³-hybridized carbons (Fsp3) is 0.440. The van der Waals surface area contributed by atoms with Gasteiger partial charge >= 0.3 is 0 Å². The molecule has 0 radical (unpaired) electrons. The minimum Gasteiger partial charge on any atom is -0.372 e. The summed E-state index contributed by atoms with van der Waals surface area (Å²) in [5, 5.41) is 7.08. The molecule has 2 heterocycles. The van der Waals surface area contributed by atoms with Gasteiger partial charge in [-0.25, -0.2) is 8.42 Å². The lowest BCUT2D eigenvalue weighted by molar-refractivity contribution is -0.120. The third kappa shape index (κ3) is 6.54. The van der Waals surface area contributed by atoms with Crippen LogP contribution in [0.25, 0.3) is 0 Å². The minimum absolute atomic E-state index is 0.0177. The number of sulfone groups is 1. The highest BCUT2D eigenvalue weighted by molar-refractivity contribution is 8.15. The van der Waals surface area contributed by atoms with Crippen LogP contribution in [-0.2, 0) is 21.1 Å². The lowest BCUT2D eigenvalue weighted by Crippen LogP contribution is -2.30. The van der Waals surface area contributed by atoms with Gasteiger partial charge in [-0.1, -0.05) is 36.0 Å². The number of fused-ring (bicyclic) bond motifs is 1. The third-order valence-electron chi connectivity index (χ3n) is 6.06. The molecule has 1 amide bonds. The molecule has 0 bridgehead atoms. The molecule has 34 heavy (non-hydrogen) atoms. The zero-order valence-electron chi connectivity index (χ0n) is 19.7. The van der Waals surface area contributed by atoms with Crippen LogP contribution >= 0.6 is 11.8 Å². The van der Waals surface area contributed by atoms with Crippen LogP contribution in [0.2, 0.25) is 0 Å². The molecule has 2 aromatic carbocycles. The Morgan fingerprint density at radius 1 is 1.18 bits per heavy atom. The first-order valence-electron chi connectivity index (χ1n) is 11.7. The predicted molar refractivity (Wildman–Crippen MR) is 142 cm³/mol. The van der Waals surface area contributed by atoms with Crippen LogP contribution in [0.1, 0.15) is 24.5 Å². The van der Waals surface area contributed by atoms with E-state index in [1.165, 1.54) is 23.0 Å². The summed E-state index contributed by atoms with van der Waals surface area (Å²) in [6.07, 6.45) is 1.23. The molecular weight excluding hydrogens is 468 g/mol. The monoisotopic (exact) mass is 500 g/mol. The Morgan fingerprint density at radius 3 is 2.68 bits per heavy atom. The van der Waals surface area contributed by atoms with E-state index >= 15 is 0 Å². The number of nitrogens with zero attached hydrogens (tertiary/aromatic N) is 2. The van der Waals surface area contributed by atoms with E-state index in [1.54, 1.807) is 0 Å². The number of thioether (sulfide) groups is 1. The van der Waals surface area contributed by atoms with Gasteiger partial charge in [0.15, 0.2) is 15.0 Å². The van der Waals surface area contributed by atoms with Crippen molar-refractivity contribution in [2.75, 3.05) is 41.4 Å². The Hall–Kier alpha value is -2.52. The van der Waals surface area contributed by atoms with Crippen molar-refractivity contribution >= 4 is 44.0 Å². The van der Waals surface area contributed by atoms with Crippen molar-refractivity contribution in [2.45, 2.75) is 38.0 Å². The maximum absolute atomic E-state index is 12.4. The van der Waals surface area contributed by atoms with Crippen molar-refractivity contribution in [3.05, 3.63) is 59.7 Å². The second-order valence-corrected chi connectivity index (χ2v) is 12.2. The van der Waals surface area contributed by atoms with Crippen molar-refractivity contribution in [3.8, 4) is 0 Å². The maximum Gasteiger partial charge on any atom is 0.224 e. The van der Waals surface area contributed by atoms with Crippen LogP contribution in [0.4, 0.5) is 11.4 Å². The van der Waals surface area contributed by atoms with Crippen molar-refractivity contribution in [2.24, 2.45) is 4.99 Å². The Labute approximate surface area is 206 Å². The normalized spacial score (nSPS) is 20.5. The summed E-state index contributed by atoms with van der Waals surface area (Å²) >= 11 is 1.50. The number of carbonyl (C=O) groups excluding carboxylic acids is 1. The second-order valence-electron chi connectivity index (χ2n) is 8.86. The molecule has 1 saturated heterocycles. The molecular formula is C25H32N4O3S2. The van der Waals surface area contributed by atoms with E-state index in [4.69, 9.17) is 0 Å². The van der Waals surface area contributed by atoms with Gasteiger partial charge in [0.05, 0.1) is 24.0 Å². The molecule has 0 spiro atoms. The summed E-state index contributed by atoms with van der Waals surface area (Å²) in [5.74, 6) is 0.365. The molecule has 1 fully saturated rings. The standard InChI is InChI=1S/C25H32N4O3S2/c1-3-29(21-7-4-6-18(2)14-21)13-5-12-26-24(30)15-19-8-10-20(11-9-19)27-25-28-22-16-34(31,32)17-23(22)33-25/h4,6-11,14,22-23H,3,5,12-13,15-17H2,1-2H3,(H,26,30)(H,27,28)/t22-,23-/m1/s1. The summed E-state index contributed by atoms with van der Waals surface area (Å²) in [4.78, 5) is 19.2. The van der Waals surface area contributed by atoms with E-state index in [0.29, 0.717) is 13.0 Å². The van der Waals surface area contributed by atoms with Crippen LogP contribution in [-0.4, -0.2) is 61.9 Å². The van der Waals surface area contributed by atoms with Crippen LogP contribution < -0.4 is 15.5 Å². The SMILES string of the molecule is CCN(CCCNC(=O)Cc1ccc(NC2=N[C@@H]3CS(=O)(=O)C[C@H]3S2)cc1)c1cccc(C)c1. The third-order valence-corrected chi connectivity index (χ3v) is 9.21. The maximum atomic E-state index is 12.4. The summed E-state index contributed by atoms with van der Waals surface area (Å²) in [5.41, 5.74) is 4.30. The molecule has 0 saturated carbocycles. The molecule has 7 nitrogen and oxygen atoms in total. The zero-order valence-corrected chi connectivity index (χ0v) is 21.3. The number of anilines is 2. The van der Waals surface area contributed by atoms with E-state index in [0.717, 1.165) is 35.9 Å². The fourth-order valence-corrected chi connectivity index (χ4v) is 7.96. The fourth-order valence-electron chi connectivity index (χ4n) is 4.29. The summed E-state index contributed by atoms with van der Waals surface area (Å²) < 4.78 is 23.4. The van der Waals surface area contributed by atoms with Crippen molar-refractivity contribution in [3.63, 3.8) is 0 Å². The number of hydrogen-bond acceptors (Lipinski definition) is 7. The molecule has 9 heteroatoms. The molecule has 2 aliphatic rings. The van der Waals surface area contributed by atoms with Gasteiger partial charge in [-0.15, -0.1) is 0 Å². The number of rotatable bonds is 9. The first kappa shape index (κ1) is 24.6. The topological polar surface area (TPSA) is 90.9 Å². The summed E-state index contributed by atoms with van der Waals surface area (Å²) in [6.45, 7) is 6.73. The highest BCUT2D eigenvalue weighted by Crippen LogP contribution is 2.34. The lowest BCUT2D eigenvalue weighted by Gasteiger charge is -2.23. The van der Waals surface area contributed by atoms with Crippen LogP contribution in [0, 0.1) is 6.92 Å². The van der Waals surface area contributed by atoms with E-state index in [-0.39, 0.29) is 28.7 Å². The molecule has 2 aromatic rings. The van der Waals surface area contributed by atoms with Gasteiger partial charge in [0, 0.05) is 36.3 Å². The number of amides is 1. The molecule has 2 N–H and O–H groups in total. The number of amidine groups is 1. The average molecular weight is 501 g/mol. The van der Waals surface area contributed by atoms with Gasteiger partial charge < -0.3 is 15.5 Å². The number of aliphatic imine (C=N–C) groups is 1. The second kappa shape index (κ2) is 10.8. The van der Waals surface area contributed by atoms with Gasteiger partial charge in [0.25, 0.3) is 0 Å². The Morgan fingerprint density at radius 2 is 1.97 bits per heavy atom. The number of hydrogen-bond donors (Lipinski definition) is 2. The Bertz CT molecular complexity index is 1150. The predicted octanol–water partition coefficient (Wildman–Crippen LogP) is 3.25. The quantitative estimate of drug-likeness (QED) is 0.514. The van der Waals surface area contributed by atoms with Gasteiger partial charge in [-0.2, -0.15) is 0 Å². The number of aryl methyl sites for hydroxylation is 1. The molecule has 182 valence electrons.